The average Bonchev–Trinajstić information content (AvgIpc) is 3.67. The minimum atomic E-state index is -0.106. The van der Waals surface area contributed by atoms with Crippen LogP contribution in [0, 0.1) is 0 Å². The molecule has 4 heteroatoms. The highest BCUT2D eigenvalue weighted by molar-refractivity contribution is 6.73. The molecule has 0 unspecified atom stereocenters. The van der Waals surface area contributed by atoms with Crippen molar-refractivity contribution < 1.29 is 4.42 Å². The first kappa shape index (κ1) is 33.6. The van der Waals surface area contributed by atoms with Crippen LogP contribution < -0.4 is 16.2 Å². The van der Waals surface area contributed by atoms with E-state index in [1.165, 1.54) is 80.0 Å². The Labute approximate surface area is 314 Å². The van der Waals surface area contributed by atoms with Crippen molar-refractivity contribution >= 4 is 73.3 Å². The highest BCUT2D eigenvalue weighted by Crippen LogP contribution is 2.44. The van der Waals surface area contributed by atoms with Crippen LogP contribution in [0.15, 0.2) is 114 Å². The molecule has 6 aromatic carbocycles. The van der Waals surface area contributed by atoms with E-state index < -0.39 is 0 Å². The van der Waals surface area contributed by atoms with Gasteiger partial charge in [-0.05, 0) is 99.9 Å². The van der Waals surface area contributed by atoms with Gasteiger partial charge < -0.3 is 14.3 Å². The van der Waals surface area contributed by atoms with Gasteiger partial charge in [0.05, 0.1) is 5.52 Å². The Morgan fingerprint density at radius 1 is 0.679 bits per heavy atom. The minimum Gasteiger partial charge on any atom is -0.456 e. The van der Waals surface area contributed by atoms with Gasteiger partial charge in [-0.25, -0.2) is 0 Å². The lowest BCUT2D eigenvalue weighted by molar-refractivity contribution is 0.591. The van der Waals surface area contributed by atoms with Crippen LogP contribution in [0.5, 0.6) is 0 Å². The van der Waals surface area contributed by atoms with Crippen molar-refractivity contribution in [3.8, 4) is 16.8 Å². The van der Waals surface area contributed by atoms with Gasteiger partial charge in [-0.3, -0.25) is 0 Å². The van der Waals surface area contributed by atoms with Gasteiger partial charge in [0.1, 0.15) is 11.2 Å². The van der Waals surface area contributed by atoms with Crippen molar-refractivity contribution in [1.29, 1.82) is 0 Å². The molecular weight excluding hydrogens is 643 g/mol. The Bertz CT molecular complexity index is 2700. The van der Waals surface area contributed by atoms with Crippen molar-refractivity contribution in [3.63, 3.8) is 0 Å². The van der Waals surface area contributed by atoms with Crippen molar-refractivity contribution in [2.24, 2.45) is 0 Å². The lowest BCUT2D eigenvalue weighted by Crippen LogP contribution is -2.37. The molecule has 8 aromatic rings. The fourth-order valence-corrected chi connectivity index (χ4v) is 8.47. The third-order valence-corrected chi connectivity index (χ3v) is 11.3. The second-order valence-electron chi connectivity index (χ2n) is 17.2. The number of fused-ring (bicyclic) bond motifs is 8. The molecule has 0 bridgehead atoms. The summed E-state index contributed by atoms with van der Waals surface area (Å²) in [6, 6.07) is 40.5. The quantitative estimate of drug-likeness (QED) is 0.133. The number of rotatable bonds is 7. The predicted octanol–water partition coefficient (Wildman–Crippen LogP) is 12.4. The van der Waals surface area contributed by atoms with E-state index in [0.29, 0.717) is 0 Å². The van der Waals surface area contributed by atoms with Gasteiger partial charge in [0.2, 0.25) is 0 Å². The van der Waals surface area contributed by atoms with Gasteiger partial charge in [-0.1, -0.05) is 127 Å². The minimum absolute atomic E-state index is 0.0255. The number of aryl methyl sites for hydroxylation is 1. The summed E-state index contributed by atoms with van der Waals surface area (Å²) in [5.41, 5.74) is 16.6. The smallest absolute Gasteiger partial charge is 0.198 e. The van der Waals surface area contributed by atoms with Crippen LogP contribution in [0.25, 0.3) is 60.6 Å². The van der Waals surface area contributed by atoms with Crippen LogP contribution in [0.4, 0.5) is 11.4 Å². The Morgan fingerprint density at radius 3 is 2.23 bits per heavy atom. The maximum absolute atomic E-state index is 6.46. The number of hydrogen-bond donors (Lipinski definition) is 1. The summed E-state index contributed by atoms with van der Waals surface area (Å²) < 4.78 is 9.01. The first-order valence-corrected chi connectivity index (χ1v) is 19.4. The van der Waals surface area contributed by atoms with Crippen LogP contribution in [-0.4, -0.2) is 11.8 Å². The zero-order valence-electron chi connectivity index (χ0n) is 32.2. The lowest BCUT2D eigenvalue weighted by Gasteiger charge is -2.28. The summed E-state index contributed by atoms with van der Waals surface area (Å²) in [5.74, 6) is 0. The van der Waals surface area contributed by atoms with Crippen LogP contribution >= 0.6 is 0 Å². The predicted molar refractivity (Wildman–Crippen MR) is 229 cm³/mol. The molecule has 2 aromatic heterocycles. The number of furan rings is 1. The Morgan fingerprint density at radius 2 is 1.45 bits per heavy atom. The highest BCUT2D eigenvalue weighted by atomic mass is 16.3. The molecule has 0 saturated carbocycles. The Balaban J connectivity index is 1.31. The lowest BCUT2D eigenvalue weighted by atomic mass is 9.58. The Hall–Kier alpha value is -5.22. The summed E-state index contributed by atoms with van der Waals surface area (Å²) in [7, 11) is 2.41. The van der Waals surface area contributed by atoms with E-state index >= 15 is 0 Å². The number of nitrogens with one attached hydrogen (secondary N) is 1. The third kappa shape index (κ3) is 5.66. The zero-order valence-corrected chi connectivity index (χ0v) is 32.2. The van der Waals surface area contributed by atoms with Crippen molar-refractivity contribution in [1.82, 2.24) is 4.57 Å². The number of aromatic nitrogens is 1. The summed E-state index contributed by atoms with van der Waals surface area (Å²) >= 11 is 0. The average molecular weight is 692 g/mol. The van der Waals surface area contributed by atoms with Crippen LogP contribution in [0.3, 0.4) is 0 Å². The Kier molecular flexibility index (Phi) is 7.89. The van der Waals surface area contributed by atoms with Crippen molar-refractivity contribution in [2.75, 3.05) is 5.32 Å². The molecule has 1 N–H and O–H groups in total. The maximum atomic E-state index is 6.46. The highest BCUT2D eigenvalue weighted by Gasteiger charge is 2.32. The van der Waals surface area contributed by atoms with Gasteiger partial charge in [0, 0.05) is 49.7 Å². The van der Waals surface area contributed by atoms with Gasteiger partial charge in [-0.15, -0.1) is 0 Å². The molecule has 53 heavy (non-hydrogen) atoms. The third-order valence-electron chi connectivity index (χ3n) is 11.3. The standard InChI is InChI=1S/C49H48BN2O/c1-8-9-10-15-30-20-23-32(24-21-30)51-40-18-13-11-16-33(40)36-27-38(49(5,6)7)45-37-26-31(48(2,3)4)22-25-41(37)52-42-28-35-34-17-12-14-19-43(34)53-44(35)29-39(42)50-46(36)47(45)52/h11-14,16-29,51H,8-10,15H2,1-7H3. The maximum Gasteiger partial charge on any atom is 0.198 e. The van der Waals surface area contributed by atoms with Crippen LogP contribution in [-0.2, 0) is 17.3 Å². The van der Waals surface area contributed by atoms with Crippen LogP contribution in [0.1, 0.15) is 84.4 Å². The molecule has 3 nitrogen and oxygen atoms in total. The van der Waals surface area contributed by atoms with Gasteiger partial charge in [-0.2, -0.15) is 0 Å². The monoisotopic (exact) mass is 691 g/mol. The van der Waals surface area contributed by atoms with Crippen LogP contribution in [0.2, 0.25) is 0 Å². The van der Waals surface area contributed by atoms with E-state index in [4.69, 9.17) is 4.42 Å². The van der Waals surface area contributed by atoms with E-state index in [9.17, 15) is 0 Å². The molecule has 9 rings (SSSR count). The molecule has 1 aliphatic rings. The largest absolute Gasteiger partial charge is 0.456 e. The SMILES string of the molecule is CCCCCc1ccc(Nc2ccccc2-c2cc(C(C)(C)C)c3c4cc(C(C)(C)C)ccc4n4c3c2[B]c2cc3oc5ccccc5c3cc2-4)cc1. The molecule has 263 valence electrons. The molecule has 3 heterocycles. The molecule has 0 atom stereocenters. The molecule has 1 radical (unpaired) electrons. The van der Waals surface area contributed by atoms with Crippen molar-refractivity contribution in [3.05, 3.63) is 126 Å². The van der Waals surface area contributed by atoms with E-state index in [2.05, 4.69) is 175 Å². The number of hydrogen-bond acceptors (Lipinski definition) is 2. The molecule has 0 aliphatic carbocycles. The summed E-state index contributed by atoms with van der Waals surface area (Å²) in [6.07, 6.45) is 4.89. The zero-order chi connectivity index (χ0) is 36.6. The fourth-order valence-electron chi connectivity index (χ4n) is 8.47. The van der Waals surface area contributed by atoms with E-state index in [1.807, 2.05) is 0 Å². The second-order valence-corrected chi connectivity index (χ2v) is 17.2. The first-order chi connectivity index (χ1) is 25.5. The summed E-state index contributed by atoms with van der Waals surface area (Å²) in [6.45, 7) is 16.3. The fraction of sp³-hybridized carbons (Fsp3) is 0.265. The number of anilines is 2. The first-order valence-electron chi connectivity index (χ1n) is 19.4. The second kappa shape index (κ2) is 12.4. The normalized spacial score (nSPS) is 12.9. The number of unbranched alkanes of at least 4 members (excludes halogenated alkanes) is 2. The number of para-hydroxylation sites is 2. The van der Waals surface area contributed by atoms with E-state index in [1.54, 1.807) is 0 Å². The van der Waals surface area contributed by atoms with Gasteiger partial charge in [0.25, 0.3) is 0 Å². The molecule has 1 aliphatic heterocycles. The molecule has 0 fully saturated rings. The summed E-state index contributed by atoms with van der Waals surface area (Å²) in [4.78, 5) is 0. The number of benzene rings is 6. The molecular formula is C49H48BN2O. The van der Waals surface area contributed by atoms with E-state index in [-0.39, 0.29) is 10.8 Å². The number of nitrogens with zero attached hydrogens (tertiary/aromatic N) is 1. The topological polar surface area (TPSA) is 30.1 Å². The molecule has 0 amide bonds. The van der Waals surface area contributed by atoms with E-state index in [0.717, 1.165) is 45.2 Å². The summed E-state index contributed by atoms with van der Waals surface area (Å²) in [5, 5.41) is 8.79. The molecule has 0 spiro atoms. The van der Waals surface area contributed by atoms with Gasteiger partial charge in [0.15, 0.2) is 7.28 Å². The molecule has 0 saturated heterocycles. The van der Waals surface area contributed by atoms with Crippen molar-refractivity contribution in [2.45, 2.75) is 85.0 Å². The van der Waals surface area contributed by atoms with Gasteiger partial charge >= 0.3 is 0 Å².